The van der Waals surface area contributed by atoms with Crippen molar-refractivity contribution in [2.24, 2.45) is 0 Å². The molecule has 0 bridgehead atoms. The van der Waals surface area contributed by atoms with Gasteiger partial charge in [0.1, 0.15) is 11.4 Å². The van der Waals surface area contributed by atoms with Crippen LogP contribution in [0.5, 0.6) is 0 Å². The van der Waals surface area contributed by atoms with Crippen LogP contribution in [0.4, 0.5) is 23.2 Å². The molecule has 0 atom stereocenters. The van der Waals surface area contributed by atoms with Crippen molar-refractivity contribution in [1.82, 2.24) is 24.4 Å². The smallest absolute Gasteiger partial charge is 0.280 e. The minimum Gasteiger partial charge on any atom is -0.318 e. The van der Waals surface area contributed by atoms with Crippen LogP contribution in [-0.4, -0.2) is 30.3 Å². The summed E-state index contributed by atoms with van der Waals surface area (Å²) in [5.74, 6) is -0.735. The highest BCUT2D eigenvalue weighted by atomic mass is 35.5. The highest BCUT2D eigenvalue weighted by molar-refractivity contribution is 6.31. The first-order valence-electron chi connectivity index (χ1n) is 8.86. The normalized spacial score (nSPS) is 11.6. The molecule has 0 saturated heterocycles. The number of hydrogen-bond donors (Lipinski definition) is 1. The largest absolute Gasteiger partial charge is 0.318 e. The van der Waals surface area contributed by atoms with Crippen LogP contribution in [0.15, 0.2) is 48.8 Å². The molecule has 0 radical (unpaired) electrons. The number of amides is 1. The fourth-order valence-corrected chi connectivity index (χ4v) is 3.10. The Morgan fingerprint density at radius 3 is 2.61 bits per heavy atom. The van der Waals surface area contributed by atoms with Gasteiger partial charge in [0.05, 0.1) is 18.4 Å². The van der Waals surface area contributed by atoms with E-state index in [2.05, 4.69) is 20.5 Å². The van der Waals surface area contributed by atoms with Crippen LogP contribution in [0.3, 0.4) is 0 Å². The van der Waals surface area contributed by atoms with Crippen LogP contribution in [0.2, 0.25) is 5.02 Å². The number of aromatic nitrogens is 5. The van der Waals surface area contributed by atoms with Gasteiger partial charge in [-0.25, -0.2) is 27.1 Å². The highest BCUT2D eigenvalue weighted by Crippen LogP contribution is 2.25. The van der Waals surface area contributed by atoms with E-state index in [0.717, 1.165) is 11.6 Å². The number of hydrogen-bond acceptors (Lipinski definition) is 4. The molecule has 3 heterocycles. The molecule has 12 heteroatoms. The molecule has 0 aliphatic heterocycles. The number of nitrogens with zero attached hydrogens (tertiary/aromatic N) is 5. The molecule has 4 aromatic rings. The molecule has 0 fully saturated rings. The Morgan fingerprint density at radius 1 is 1.13 bits per heavy atom. The minimum atomic E-state index is -3.08. The Balaban J connectivity index is 1.56. The second kappa shape index (κ2) is 8.34. The lowest BCUT2D eigenvalue weighted by Crippen LogP contribution is -2.12. The number of benzene rings is 1. The van der Waals surface area contributed by atoms with E-state index in [9.17, 15) is 22.4 Å². The quantitative estimate of drug-likeness (QED) is 0.428. The summed E-state index contributed by atoms with van der Waals surface area (Å²) in [5, 5.41) is 11.0. The third-order valence-electron chi connectivity index (χ3n) is 4.34. The maximum Gasteiger partial charge on any atom is 0.280 e. The molecule has 160 valence electrons. The van der Waals surface area contributed by atoms with Crippen LogP contribution < -0.4 is 5.32 Å². The molecule has 1 N–H and O–H groups in total. The minimum absolute atomic E-state index is 0.264. The van der Waals surface area contributed by atoms with Gasteiger partial charge in [-0.2, -0.15) is 10.2 Å². The lowest BCUT2D eigenvalue weighted by Gasteiger charge is -2.06. The summed E-state index contributed by atoms with van der Waals surface area (Å²) in [7, 11) is 0. The van der Waals surface area contributed by atoms with E-state index in [1.165, 1.54) is 6.20 Å². The Hall–Kier alpha value is -3.47. The Morgan fingerprint density at radius 2 is 1.90 bits per heavy atom. The molecule has 0 aliphatic carbocycles. The average molecular weight is 453 g/mol. The number of halogens is 5. The first-order chi connectivity index (χ1) is 14.8. The fourth-order valence-electron chi connectivity index (χ4n) is 2.91. The van der Waals surface area contributed by atoms with Crippen molar-refractivity contribution in [1.29, 1.82) is 0 Å². The van der Waals surface area contributed by atoms with E-state index in [1.54, 1.807) is 23.0 Å². The number of fused-ring (bicyclic) bond motifs is 1. The molecule has 0 saturated carbocycles. The van der Waals surface area contributed by atoms with Crippen LogP contribution >= 0.6 is 11.6 Å². The molecule has 3 aromatic heterocycles. The average Bonchev–Trinajstić information content (AvgIpc) is 3.35. The van der Waals surface area contributed by atoms with Crippen molar-refractivity contribution in [2.75, 3.05) is 5.32 Å². The van der Waals surface area contributed by atoms with Crippen molar-refractivity contribution in [3.05, 3.63) is 76.5 Å². The number of anilines is 1. The van der Waals surface area contributed by atoms with Crippen molar-refractivity contribution < 1.29 is 22.4 Å². The second-order valence-corrected chi connectivity index (χ2v) is 6.89. The van der Waals surface area contributed by atoms with Gasteiger partial charge in [0.15, 0.2) is 11.3 Å². The van der Waals surface area contributed by atoms with E-state index in [1.807, 2.05) is 12.1 Å². The van der Waals surface area contributed by atoms with Gasteiger partial charge in [-0.3, -0.25) is 9.48 Å². The van der Waals surface area contributed by atoms with E-state index >= 15 is 0 Å². The summed E-state index contributed by atoms with van der Waals surface area (Å²) in [6.07, 6.45) is -3.18. The molecule has 0 aliphatic rings. The first kappa shape index (κ1) is 20.8. The first-order valence-corrected chi connectivity index (χ1v) is 9.23. The van der Waals surface area contributed by atoms with Crippen molar-refractivity contribution in [3.8, 4) is 0 Å². The Bertz CT molecular complexity index is 1260. The second-order valence-electron chi connectivity index (χ2n) is 6.48. The van der Waals surface area contributed by atoms with Gasteiger partial charge < -0.3 is 5.32 Å². The number of nitrogens with one attached hydrogen (secondary N) is 1. The summed E-state index contributed by atoms with van der Waals surface area (Å²) < 4.78 is 54.6. The maximum atomic E-state index is 13.3. The topological polar surface area (TPSA) is 77.1 Å². The molecule has 0 spiro atoms. The maximum absolute atomic E-state index is 13.3. The molecule has 1 aromatic carbocycles. The third-order valence-corrected chi connectivity index (χ3v) is 4.70. The van der Waals surface area contributed by atoms with Crippen LogP contribution in [0.25, 0.3) is 5.65 Å². The van der Waals surface area contributed by atoms with Gasteiger partial charge in [-0.1, -0.05) is 29.8 Å². The van der Waals surface area contributed by atoms with Gasteiger partial charge >= 0.3 is 0 Å². The number of alkyl halides is 4. The SMILES string of the molecule is O=C(Nc1cnn(Cc2ccccc2Cl)c1)c1cc2nc(C(F)F)cc(C(F)F)n2n1. The van der Waals surface area contributed by atoms with E-state index in [0.29, 0.717) is 27.8 Å². The van der Waals surface area contributed by atoms with Gasteiger partial charge in [0.2, 0.25) is 0 Å². The van der Waals surface area contributed by atoms with E-state index in [4.69, 9.17) is 11.6 Å². The van der Waals surface area contributed by atoms with Gasteiger partial charge in [0.25, 0.3) is 18.8 Å². The predicted molar refractivity (Wildman–Crippen MR) is 104 cm³/mol. The Labute approximate surface area is 177 Å². The number of carbonyl (C=O) groups is 1. The third kappa shape index (κ3) is 4.36. The molecule has 31 heavy (non-hydrogen) atoms. The lowest BCUT2D eigenvalue weighted by molar-refractivity contribution is 0.102. The number of carbonyl (C=O) groups excluding carboxylic acids is 1. The van der Waals surface area contributed by atoms with E-state index < -0.39 is 30.1 Å². The molecular weight excluding hydrogens is 440 g/mol. The zero-order chi connectivity index (χ0) is 22.1. The van der Waals surface area contributed by atoms with E-state index in [-0.39, 0.29) is 11.3 Å². The molecule has 7 nitrogen and oxygen atoms in total. The van der Waals surface area contributed by atoms with Gasteiger partial charge in [0, 0.05) is 17.3 Å². The van der Waals surface area contributed by atoms with Gasteiger partial charge in [-0.05, 0) is 17.7 Å². The predicted octanol–water partition coefficient (Wildman–Crippen LogP) is 4.76. The highest BCUT2D eigenvalue weighted by Gasteiger charge is 2.22. The summed E-state index contributed by atoms with van der Waals surface area (Å²) in [5.41, 5.74) is -1.01. The van der Waals surface area contributed by atoms with Crippen molar-refractivity contribution in [2.45, 2.75) is 19.4 Å². The molecule has 4 rings (SSSR count). The Kier molecular flexibility index (Phi) is 5.59. The summed E-state index contributed by atoms with van der Waals surface area (Å²) in [4.78, 5) is 16.1. The molecule has 1 amide bonds. The number of rotatable bonds is 6. The van der Waals surface area contributed by atoms with Crippen molar-refractivity contribution in [3.63, 3.8) is 0 Å². The molecular formula is C19H13ClF4N6O. The van der Waals surface area contributed by atoms with Crippen LogP contribution in [-0.2, 0) is 6.54 Å². The van der Waals surface area contributed by atoms with Crippen molar-refractivity contribution >= 4 is 28.8 Å². The van der Waals surface area contributed by atoms with Crippen LogP contribution in [0, 0.1) is 0 Å². The summed E-state index contributed by atoms with van der Waals surface area (Å²) in [6, 6.07) is 8.83. The summed E-state index contributed by atoms with van der Waals surface area (Å²) in [6.45, 7) is 0.363. The zero-order valence-electron chi connectivity index (χ0n) is 15.5. The zero-order valence-corrected chi connectivity index (χ0v) is 16.3. The monoisotopic (exact) mass is 452 g/mol. The standard InChI is InChI=1S/C19H13ClF4N6O/c20-12-4-2-1-3-10(12)8-29-9-11(7-25-29)26-19(31)14-6-16-27-13(17(21)22)5-15(18(23)24)30(16)28-14/h1-7,9,17-18H,8H2,(H,26,31). The van der Waals surface area contributed by atoms with Crippen LogP contribution in [0.1, 0.15) is 40.3 Å². The molecule has 0 unspecified atom stereocenters. The summed E-state index contributed by atoms with van der Waals surface area (Å²) >= 11 is 6.12. The lowest BCUT2D eigenvalue weighted by atomic mass is 10.2. The van der Waals surface area contributed by atoms with Gasteiger partial charge in [-0.15, -0.1) is 0 Å². The fraction of sp³-hybridized carbons (Fsp3) is 0.158.